The zero-order chi connectivity index (χ0) is 16.8. The molecule has 0 bridgehead atoms. The Hall–Kier alpha value is -2.93. The van der Waals surface area contributed by atoms with Gasteiger partial charge in [0, 0.05) is 16.9 Å². The number of hydrogen-bond donors (Lipinski definition) is 0. The molecule has 0 aliphatic carbocycles. The van der Waals surface area contributed by atoms with Crippen molar-refractivity contribution in [1.82, 2.24) is 24.1 Å². The summed E-state index contributed by atoms with van der Waals surface area (Å²) in [6.07, 6.45) is 2.91. The molecule has 0 saturated carbocycles. The number of aromatic nitrogens is 5. The Morgan fingerprint density at radius 3 is 2.83 bits per heavy atom. The highest BCUT2D eigenvalue weighted by molar-refractivity contribution is 6.30. The zero-order valence-electron chi connectivity index (χ0n) is 12.9. The molecule has 0 fully saturated rings. The van der Waals surface area contributed by atoms with Crippen LogP contribution < -0.4 is 10.3 Å². The van der Waals surface area contributed by atoms with Gasteiger partial charge in [-0.15, -0.1) is 0 Å². The van der Waals surface area contributed by atoms with Crippen LogP contribution in [0.5, 0.6) is 5.75 Å². The smallest absolute Gasteiger partial charge is 0.266 e. The van der Waals surface area contributed by atoms with E-state index in [4.69, 9.17) is 16.3 Å². The summed E-state index contributed by atoms with van der Waals surface area (Å²) in [6, 6.07) is 7.00. The van der Waals surface area contributed by atoms with Crippen LogP contribution >= 0.6 is 11.6 Å². The van der Waals surface area contributed by atoms with Gasteiger partial charge in [-0.05, 0) is 31.2 Å². The number of pyridine rings is 1. The van der Waals surface area contributed by atoms with Crippen LogP contribution in [0.15, 0.2) is 41.6 Å². The molecule has 0 amide bonds. The summed E-state index contributed by atoms with van der Waals surface area (Å²) in [5.74, 6) is 0.998. The second kappa shape index (κ2) is 5.31. The Morgan fingerprint density at radius 1 is 1.21 bits per heavy atom. The van der Waals surface area contributed by atoms with Crippen LogP contribution in [0, 0.1) is 6.92 Å². The summed E-state index contributed by atoms with van der Waals surface area (Å²) in [7, 11) is 1.55. The number of methoxy groups -OCH3 is 1. The lowest BCUT2D eigenvalue weighted by Crippen LogP contribution is -2.22. The number of ether oxygens (including phenoxy) is 1. The van der Waals surface area contributed by atoms with E-state index < -0.39 is 0 Å². The monoisotopic (exact) mass is 341 g/mol. The molecule has 0 atom stereocenters. The predicted molar refractivity (Wildman–Crippen MR) is 90.2 cm³/mol. The molecule has 4 aromatic rings. The molecule has 24 heavy (non-hydrogen) atoms. The molecular weight excluding hydrogens is 330 g/mol. The van der Waals surface area contributed by atoms with Gasteiger partial charge in [-0.3, -0.25) is 9.36 Å². The molecule has 3 heterocycles. The topological polar surface area (TPSA) is 74.3 Å². The summed E-state index contributed by atoms with van der Waals surface area (Å²) >= 11 is 6.10. The fourth-order valence-corrected chi connectivity index (χ4v) is 2.95. The highest BCUT2D eigenvalue weighted by Crippen LogP contribution is 2.27. The molecule has 120 valence electrons. The summed E-state index contributed by atoms with van der Waals surface area (Å²) in [4.78, 5) is 21.3. The van der Waals surface area contributed by atoms with Gasteiger partial charge in [0.25, 0.3) is 11.3 Å². The van der Waals surface area contributed by atoms with Crippen molar-refractivity contribution in [1.29, 1.82) is 0 Å². The standard InChI is InChI=1S/C16H12ClN5O2/c1-9-5-12-11(7-18-16-19-8-20-22(12)16)15(23)21(9)13-6-10(17)3-4-14(13)24-2/h3-8H,1-2H3. The molecule has 0 saturated heterocycles. The minimum atomic E-state index is -0.226. The summed E-state index contributed by atoms with van der Waals surface area (Å²) in [5, 5.41) is 5.08. The molecule has 1 aromatic carbocycles. The van der Waals surface area contributed by atoms with Crippen LogP contribution in [-0.4, -0.2) is 31.3 Å². The third-order valence-corrected chi connectivity index (χ3v) is 4.09. The third-order valence-electron chi connectivity index (χ3n) is 3.86. The molecule has 0 unspecified atom stereocenters. The molecule has 3 aromatic heterocycles. The minimum Gasteiger partial charge on any atom is -0.495 e. The first-order valence-electron chi connectivity index (χ1n) is 7.15. The molecule has 7 nitrogen and oxygen atoms in total. The third kappa shape index (κ3) is 2.05. The molecular formula is C16H12ClN5O2. The Labute approximate surface area is 141 Å². The van der Waals surface area contributed by atoms with Crippen molar-refractivity contribution in [2.45, 2.75) is 6.92 Å². The average molecular weight is 342 g/mol. The van der Waals surface area contributed by atoms with Crippen LogP contribution in [-0.2, 0) is 0 Å². The van der Waals surface area contributed by atoms with Gasteiger partial charge in [-0.1, -0.05) is 11.6 Å². The molecule has 0 N–H and O–H groups in total. The number of halogens is 1. The van der Waals surface area contributed by atoms with Gasteiger partial charge >= 0.3 is 0 Å². The molecule has 0 aliphatic rings. The van der Waals surface area contributed by atoms with E-state index in [1.165, 1.54) is 12.5 Å². The van der Waals surface area contributed by atoms with Gasteiger partial charge in [-0.25, -0.2) is 4.98 Å². The van der Waals surface area contributed by atoms with Gasteiger partial charge in [0.05, 0.1) is 23.7 Å². The quantitative estimate of drug-likeness (QED) is 0.559. The van der Waals surface area contributed by atoms with Gasteiger partial charge in [0.1, 0.15) is 12.1 Å². The highest BCUT2D eigenvalue weighted by Gasteiger charge is 2.15. The first-order valence-corrected chi connectivity index (χ1v) is 7.53. The lowest BCUT2D eigenvalue weighted by molar-refractivity contribution is 0.412. The van der Waals surface area contributed by atoms with Crippen LogP contribution in [0.1, 0.15) is 5.69 Å². The van der Waals surface area contributed by atoms with E-state index in [1.54, 1.807) is 34.4 Å². The maximum Gasteiger partial charge on any atom is 0.266 e. The maximum atomic E-state index is 13.1. The van der Waals surface area contributed by atoms with E-state index in [9.17, 15) is 4.79 Å². The van der Waals surface area contributed by atoms with Crippen molar-refractivity contribution in [3.05, 3.63) is 57.9 Å². The van der Waals surface area contributed by atoms with E-state index in [-0.39, 0.29) is 5.56 Å². The van der Waals surface area contributed by atoms with Crippen LogP contribution in [0.25, 0.3) is 22.4 Å². The molecule has 0 spiro atoms. The second-order valence-electron chi connectivity index (χ2n) is 5.27. The van der Waals surface area contributed by atoms with Gasteiger partial charge < -0.3 is 4.74 Å². The zero-order valence-corrected chi connectivity index (χ0v) is 13.7. The predicted octanol–water partition coefficient (Wildman–Crippen LogP) is 2.40. The highest BCUT2D eigenvalue weighted by atomic mass is 35.5. The van der Waals surface area contributed by atoms with E-state index in [2.05, 4.69) is 15.1 Å². The van der Waals surface area contributed by atoms with Crippen molar-refractivity contribution in [2.75, 3.05) is 7.11 Å². The number of hydrogen-bond acceptors (Lipinski definition) is 5. The normalized spacial score (nSPS) is 11.3. The first kappa shape index (κ1) is 14.6. The minimum absolute atomic E-state index is 0.226. The number of rotatable bonds is 2. The van der Waals surface area contributed by atoms with Crippen molar-refractivity contribution in [3.8, 4) is 11.4 Å². The summed E-state index contributed by atoms with van der Waals surface area (Å²) in [6.45, 7) is 1.84. The van der Waals surface area contributed by atoms with Crippen molar-refractivity contribution in [3.63, 3.8) is 0 Å². The van der Waals surface area contributed by atoms with Crippen molar-refractivity contribution in [2.24, 2.45) is 0 Å². The van der Waals surface area contributed by atoms with Gasteiger partial charge in [-0.2, -0.15) is 14.6 Å². The second-order valence-corrected chi connectivity index (χ2v) is 5.71. The molecule has 4 rings (SSSR count). The maximum absolute atomic E-state index is 13.1. The van der Waals surface area contributed by atoms with E-state index >= 15 is 0 Å². The fraction of sp³-hybridized carbons (Fsp3) is 0.125. The SMILES string of the molecule is COc1ccc(Cl)cc1-n1c(C)cc2c(cnc3ncnn32)c1=O. The van der Waals surface area contributed by atoms with E-state index in [0.29, 0.717) is 33.1 Å². The van der Waals surface area contributed by atoms with Crippen molar-refractivity contribution >= 4 is 28.3 Å². The van der Waals surface area contributed by atoms with E-state index in [1.807, 2.05) is 13.0 Å². The Morgan fingerprint density at radius 2 is 2.04 bits per heavy atom. The van der Waals surface area contributed by atoms with E-state index in [0.717, 1.165) is 5.69 Å². The number of aryl methyl sites for hydroxylation is 1. The van der Waals surface area contributed by atoms with Crippen molar-refractivity contribution < 1.29 is 4.74 Å². The molecule has 0 radical (unpaired) electrons. The average Bonchev–Trinajstić information content (AvgIpc) is 3.04. The number of benzene rings is 1. The first-order chi connectivity index (χ1) is 11.6. The largest absolute Gasteiger partial charge is 0.495 e. The van der Waals surface area contributed by atoms with Crippen LogP contribution in [0.2, 0.25) is 5.02 Å². The molecule has 8 heteroatoms. The lowest BCUT2D eigenvalue weighted by Gasteiger charge is -2.15. The Bertz CT molecular complexity index is 1150. The fourth-order valence-electron chi connectivity index (χ4n) is 2.78. The number of fused-ring (bicyclic) bond motifs is 3. The Balaban J connectivity index is 2.13. The van der Waals surface area contributed by atoms with Crippen LogP contribution in [0.3, 0.4) is 0 Å². The van der Waals surface area contributed by atoms with Crippen LogP contribution in [0.4, 0.5) is 0 Å². The van der Waals surface area contributed by atoms with Gasteiger partial charge in [0.2, 0.25) is 0 Å². The summed E-state index contributed by atoms with van der Waals surface area (Å²) < 4.78 is 8.47. The Kier molecular flexibility index (Phi) is 3.24. The number of nitrogens with zero attached hydrogens (tertiary/aromatic N) is 5. The lowest BCUT2D eigenvalue weighted by atomic mass is 10.2. The molecule has 0 aliphatic heterocycles. The van der Waals surface area contributed by atoms with Gasteiger partial charge in [0.15, 0.2) is 0 Å². The summed E-state index contributed by atoms with van der Waals surface area (Å²) in [5.41, 5.74) is 1.72.